The highest BCUT2D eigenvalue weighted by Crippen LogP contribution is 2.48. The Bertz CT molecular complexity index is 496. The van der Waals surface area contributed by atoms with Gasteiger partial charge in [-0.1, -0.05) is 13.0 Å². The van der Waals surface area contributed by atoms with Crippen molar-refractivity contribution < 1.29 is 4.39 Å². The summed E-state index contributed by atoms with van der Waals surface area (Å²) in [5.74, 6) is 0.929. The zero-order chi connectivity index (χ0) is 12.8. The number of nitrogens with zero attached hydrogens (tertiary/aromatic N) is 2. The van der Waals surface area contributed by atoms with Crippen LogP contribution in [0, 0.1) is 11.7 Å². The second-order valence-corrected chi connectivity index (χ2v) is 5.22. The van der Waals surface area contributed by atoms with Crippen molar-refractivity contribution in [3.8, 4) is 0 Å². The van der Waals surface area contributed by atoms with Crippen LogP contribution in [0.4, 0.5) is 10.1 Å². The molecular formula is C14H18FN3. The summed E-state index contributed by atoms with van der Waals surface area (Å²) in [6.07, 6.45) is 3.43. The van der Waals surface area contributed by atoms with E-state index in [0.29, 0.717) is 11.9 Å². The third-order valence-electron chi connectivity index (χ3n) is 4.21. The molecule has 1 unspecified atom stereocenters. The van der Waals surface area contributed by atoms with E-state index in [9.17, 15) is 4.39 Å². The molecule has 1 aliphatic heterocycles. The second kappa shape index (κ2) is 3.97. The summed E-state index contributed by atoms with van der Waals surface area (Å²) in [5, 5.41) is 0. The lowest BCUT2D eigenvalue weighted by atomic mass is 9.88. The third kappa shape index (κ3) is 1.59. The molecule has 1 atom stereocenters. The summed E-state index contributed by atoms with van der Waals surface area (Å²) >= 11 is 0. The van der Waals surface area contributed by atoms with Crippen molar-refractivity contribution in [3.05, 3.63) is 30.1 Å². The van der Waals surface area contributed by atoms with Crippen LogP contribution in [0.15, 0.2) is 29.3 Å². The number of hydrogen-bond acceptors (Lipinski definition) is 3. The highest BCUT2D eigenvalue weighted by atomic mass is 19.1. The van der Waals surface area contributed by atoms with Crippen LogP contribution < -0.4 is 10.6 Å². The fourth-order valence-corrected chi connectivity index (χ4v) is 3.08. The third-order valence-corrected chi connectivity index (χ3v) is 4.21. The number of aliphatic imine (C=N–C) groups is 1. The normalized spacial score (nSPS) is 27.4. The van der Waals surface area contributed by atoms with E-state index < -0.39 is 0 Å². The van der Waals surface area contributed by atoms with E-state index in [4.69, 9.17) is 5.73 Å². The molecule has 4 heteroatoms. The smallest absolute Gasteiger partial charge is 0.196 e. The second-order valence-electron chi connectivity index (χ2n) is 5.22. The van der Waals surface area contributed by atoms with Gasteiger partial charge in [0.05, 0.1) is 12.1 Å². The van der Waals surface area contributed by atoms with Crippen molar-refractivity contribution in [1.29, 1.82) is 0 Å². The Hall–Kier alpha value is -1.58. The van der Waals surface area contributed by atoms with Crippen LogP contribution >= 0.6 is 0 Å². The van der Waals surface area contributed by atoms with Gasteiger partial charge in [0, 0.05) is 5.69 Å². The Morgan fingerprint density at radius 3 is 2.89 bits per heavy atom. The van der Waals surface area contributed by atoms with Gasteiger partial charge in [-0.15, -0.1) is 0 Å². The summed E-state index contributed by atoms with van der Waals surface area (Å²) in [6.45, 7) is 2.90. The minimum absolute atomic E-state index is 0.0299. The van der Waals surface area contributed by atoms with E-state index in [1.807, 2.05) is 11.0 Å². The first-order chi connectivity index (χ1) is 8.67. The molecule has 1 heterocycles. The summed E-state index contributed by atoms with van der Waals surface area (Å²) in [5.41, 5.74) is 6.82. The summed E-state index contributed by atoms with van der Waals surface area (Å²) in [6, 6.07) is 6.63. The van der Waals surface area contributed by atoms with Gasteiger partial charge in [-0.05, 0) is 43.4 Å². The van der Waals surface area contributed by atoms with Crippen LogP contribution in [0.5, 0.6) is 0 Å². The predicted molar refractivity (Wildman–Crippen MR) is 71.1 cm³/mol. The molecule has 1 fully saturated rings. The molecule has 96 valence electrons. The number of benzene rings is 1. The van der Waals surface area contributed by atoms with Gasteiger partial charge >= 0.3 is 0 Å². The Labute approximate surface area is 106 Å². The summed E-state index contributed by atoms with van der Waals surface area (Å²) in [7, 11) is 0. The molecule has 3 nitrogen and oxygen atoms in total. The average molecular weight is 247 g/mol. The molecule has 1 aliphatic carbocycles. The molecule has 1 aromatic rings. The topological polar surface area (TPSA) is 41.6 Å². The standard InChI is InChI=1S/C14H18FN3/c1-2-14(10-6-7-10)9-17-13(16)18(14)12-5-3-4-11(15)8-12/h3-5,8,10H,2,6-7,9H2,1H3,(H2,16,17). The van der Waals surface area contributed by atoms with Gasteiger partial charge in [0.25, 0.3) is 0 Å². The maximum Gasteiger partial charge on any atom is 0.196 e. The molecule has 2 aliphatic rings. The highest BCUT2D eigenvalue weighted by molar-refractivity contribution is 5.98. The van der Waals surface area contributed by atoms with Crippen LogP contribution in [0.2, 0.25) is 0 Å². The van der Waals surface area contributed by atoms with Gasteiger partial charge in [-0.25, -0.2) is 4.39 Å². The van der Waals surface area contributed by atoms with Crippen LogP contribution in [-0.2, 0) is 0 Å². The number of nitrogens with two attached hydrogens (primary N) is 1. The fourth-order valence-electron chi connectivity index (χ4n) is 3.08. The summed E-state index contributed by atoms with van der Waals surface area (Å²) in [4.78, 5) is 6.46. The average Bonchev–Trinajstić information content (AvgIpc) is 3.14. The Morgan fingerprint density at radius 2 is 2.28 bits per heavy atom. The minimum Gasteiger partial charge on any atom is -0.369 e. The molecule has 0 bridgehead atoms. The first kappa shape index (κ1) is 11.5. The molecule has 0 saturated heterocycles. The molecule has 1 aromatic carbocycles. The monoisotopic (exact) mass is 247 g/mol. The van der Waals surface area contributed by atoms with E-state index in [1.165, 1.54) is 18.9 Å². The maximum atomic E-state index is 13.4. The number of halogens is 1. The van der Waals surface area contributed by atoms with Crippen LogP contribution in [-0.4, -0.2) is 18.0 Å². The lowest BCUT2D eigenvalue weighted by Crippen LogP contribution is -2.53. The van der Waals surface area contributed by atoms with Gasteiger partial charge < -0.3 is 10.6 Å². The number of hydrogen-bond donors (Lipinski definition) is 1. The SMILES string of the molecule is CCC1(C2CC2)CN=C(N)N1c1cccc(F)c1. The van der Waals surface area contributed by atoms with Crippen molar-refractivity contribution in [2.75, 3.05) is 11.4 Å². The molecule has 2 N–H and O–H groups in total. The molecule has 0 spiro atoms. The Kier molecular flexibility index (Phi) is 2.54. The van der Waals surface area contributed by atoms with Crippen molar-refractivity contribution in [2.24, 2.45) is 16.6 Å². The minimum atomic E-state index is -0.229. The lowest BCUT2D eigenvalue weighted by Gasteiger charge is -2.39. The molecular weight excluding hydrogens is 229 g/mol. The molecule has 0 aromatic heterocycles. The Morgan fingerprint density at radius 1 is 1.50 bits per heavy atom. The van der Waals surface area contributed by atoms with Gasteiger partial charge in [-0.3, -0.25) is 4.99 Å². The largest absolute Gasteiger partial charge is 0.369 e. The molecule has 0 amide bonds. The maximum absolute atomic E-state index is 13.4. The van der Waals surface area contributed by atoms with Crippen molar-refractivity contribution in [2.45, 2.75) is 31.7 Å². The van der Waals surface area contributed by atoms with E-state index in [-0.39, 0.29) is 11.4 Å². The van der Waals surface area contributed by atoms with E-state index >= 15 is 0 Å². The van der Waals surface area contributed by atoms with Crippen molar-refractivity contribution in [1.82, 2.24) is 0 Å². The van der Waals surface area contributed by atoms with E-state index in [1.54, 1.807) is 12.1 Å². The van der Waals surface area contributed by atoms with Crippen LogP contribution in [0.1, 0.15) is 26.2 Å². The van der Waals surface area contributed by atoms with E-state index in [2.05, 4.69) is 11.9 Å². The summed E-state index contributed by atoms with van der Waals surface area (Å²) < 4.78 is 13.4. The van der Waals surface area contributed by atoms with Crippen molar-refractivity contribution in [3.63, 3.8) is 0 Å². The number of rotatable bonds is 3. The van der Waals surface area contributed by atoms with Crippen molar-refractivity contribution >= 4 is 11.6 Å². The van der Waals surface area contributed by atoms with Gasteiger partial charge in [-0.2, -0.15) is 0 Å². The van der Waals surface area contributed by atoms with Gasteiger partial charge in [0.1, 0.15) is 5.82 Å². The van der Waals surface area contributed by atoms with E-state index in [0.717, 1.165) is 18.7 Å². The fraction of sp³-hybridized carbons (Fsp3) is 0.500. The first-order valence-corrected chi connectivity index (χ1v) is 6.53. The number of anilines is 1. The zero-order valence-electron chi connectivity index (χ0n) is 10.6. The molecule has 0 radical (unpaired) electrons. The highest BCUT2D eigenvalue weighted by Gasteiger charge is 2.52. The van der Waals surface area contributed by atoms with Crippen LogP contribution in [0.3, 0.4) is 0 Å². The van der Waals surface area contributed by atoms with Gasteiger partial charge in [0.2, 0.25) is 0 Å². The molecule has 3 rings (SSSR count). The first-order valence-electron chi connectivity index (χ1n) is 6.53. The zero-order valence-corrected chi connectivity index (χ0v) is 10.6. The van der Waals surface area contributed by atoms with Gasteiger partial charge in [0.15, 0.2) is 5.96 Å². The quantitative estimate of drug-likeness (QED) is 0.891. The predicted octanol–water partition coefficient (Wildman–Crippen LogP) is 2.52. The Balaban J connectivity index is 2.03. The molecule has 18 heavy (non-hydrogen) atoms. The molecule has 1 saturated carbocycles. The van der Waals surface area contributed by atoms with Crippen LogP contribution in [0.25, 0.3) is 0 Å². The lowest BCUT2D eigenvalue weighted by molar-refractivity contribution is 0.385. The number of guanidine groups is 1.